The lowest BCUT2D eigenvalue weighted by Gasteiger charge is -2.12. The zero-order chi connectivity index (χ0) is 19.1. The number of amides is 1. The topological polar surface area (TPSA) is 111 Å². The lowest BCUT2D eigenvalue weighted by Crippen LogP contribution is -2.36. The molecule has 0 bridgehead atoms. The zero-order valence-corrected chi connectivity index (χ0v) is 13.1. The molecule has 0 unspecified atom stereocenters. The highest BCUT2D eigenvalue weighted by Crippen LogP contribution is 2.29. The first kappa shape index (κ1) is 17.9. The number of fused-ring (bicyclic) bond motifs is 1. The minimum absolute atomic E-state index is 0.0290. The minimum Gasteiger partial charge on any atom is -0.353 e. The van der Waals surface area contributed by atoms with E-state index in [-0.39, 0.29) is 11.3 Å². The second kappa shape index (κ2) is 6.13. The molecule has 6 nitrogen and oxygen atoms in total. The van der Waals surface area contributed by atoms with E-state index >= 15 is 0 Å². The fourth-order valence-corrected chi connectivity index (χ4v) is 2.42. The van der Waals surface area contributed by atoms with Gasteiger partial charge in [-0.25, -0.2) is 0 Å². The van der Waals surface area contributed by atoms with Gasteiger partial charge in [-0.15, -0.1) is 0 Å². The molecule has 26 heavy (non-hydrogen) atoms. The van der Waals surface area contributed by atoms with Crippen molar-refractivity contribution in [1.82, 2.24) is 4.98 Å². The first-order valence-electron chi connectivity index (χ1n) is 7.39. The number of hydrogen-bond donors (Lipinski definition) is 5. The summed E-state index contributed by atoms with van der Waals surface area (Å²) in [4.78, 5) is 14.9. The van der Waals surface area contributed by atoms with E-state index in [0.717, 1.165) is 24.3 Å². The third-order valence-electron chi connectivity index (χ3n) is 3.75. The van der Waals surface area contributed by atoms with Crippen LogP contribution in [0.4, 0.5) is 18.9 Å². The standard InChI is InChI=1S/C17H14F3N3O3/c18-16(19,20)11-3-1-9(2-4-11)15(24)22-12-5-6-13-10(7-12)8-14(23-13)17(21,25)26/h1-8,23,25-26H,21H2,(H,22,24). The van der Waals surface area contributed by atoms with Crippen molar-refractivity contribution in [3.63, 3.8) is 0 Å². The molecule has 1 amide bonds. The Bertz CT molecular complexity index is 957. The lowest BCUT2D eigenvalue weighted by molar-refractivity contribution is -0.166. The number of aromatic amines is 1. The lowest BCUT2D eigenvalue weighted by atomic mass is 10.1. The third kappa shape index (κ3) is 3.69. The van der Waals surface area contributed by atoms with Crippen molar-refractivity contribution in [3.8, 4) is 0 Å². The Labute approximate surface area is 145 Å². The molecule has 9 heteroatoms. The summed E-state index contributed by atoms with van der Waals surface area (Å²) in [7, 11) is 0. The SMILES string of the molecule is NC(O)(O)c1cc2cc(NC(=O)c3ccc(C(F)(F)F)cc3)ccc2[nH]1. The number of H-pyrrole nitrogens is 1. The molecular formula is C17H14F3N3O3. The fourth-order valence-electron chi connectivity index (χ4n) is 2.42. The molecule has 0 fully saturated rings. The van der Waals surface area contributed by atoms with Gasteiger partial charge in [0, 0.05) is 22.2 Å². The van der Waals surface area contributed by atoms with Gasteiger partial charge in [0.2, 0.25) is 0 Å². The minimum atomic E-state index is -4.47. The van der Waals surface area contributed by atoms with Crippen molar-refractivity contribution in [1.29, 1.82) is 0 Å². The Hall–Kier alpha value is -2.88. The van der Waals surface area contributed by atoms with Gasteiger partial charge in [0.05, 0.1) is 11.3 Å². The summed E-state index contributed by atoms with van der Waals surface area (Å²) in [6.07, 6.45) is -4.47. The summed E-state index contributed by atoms with van der Waals surface area (Å²) < 4.78 is 37.7. The van der Waals surface area contributed by atoms with Gasteiger partial charge < -0.3 is 20.5 Å². The molecule has 0 aliphatic rings. The molecule has 2 aromatic carbocycles. The summed E-state index contributed by atoms with van der Waals surface area (Å²) >= 11 is 0. The van der Waals surface area contributed by atoms with Crippen molar-refractivity contribution in [2.75, 3.05) is 5.32 Å². The van der Waals surface area contributed by atoms with Gasteiger partial charge in [-0.1, -0.05) is 0 Å². The molecule has 1 aromatic heterocycles. The number of carbonyl (C=O) groups excluding carboxylic acids is 1. The zero-order valence-electron chi connectivity index (χ0n) is 13.1. The van der Waals surface area contributed by atoms with Gasteiger partial charge in [0.1, 0.15) is 0 Å². The largest absolute Gasteiger partial charge is 0.416 e. The van der Waals surface area contributed by atoms with Crippen LogP contribution < -0.4 is 11.1 Å². The Kier molecular flexibility index (Phi) is 4.23. The van der Waals surface area contributed by atoms with Crippen LogP contribution in [0.15, 0.2) is 48.5 Å². The second-order valence-corrected chi connectivity index (χ2v) is 5.74. The normalized spacial score (nSPS) is 12.4. The Morgan fingerprint density at radius 2 is 1.69 bits per heavy atom. The van der Waals surface area contributed by atoms with Crippen LogP contribution in [0.1, 0.15) is 21.6 Å². The van der Waals surface area contributed by atoms with E-state index in [0.29, 0.717) is 16.6 Å². The van der Waals surface area contributed by atoms with Crippen LogP contribution in [0.25, 0.3) is 10.9 Å². The van der Waals surface area contributed by atoms with Gasteiger partial charge in [0.25, 0.3) is 11.8 Å². The number of nitrogens with two attached hydrogens (primary N) is 1. The number of anilines is 1. The predicted octanol–water partition coefficient (Wildman–Crippen LogP) is 2.49. The molecule has 0 radical (unpaired) electrons. The summed E-state index contributed by atoms with van der Waals surface area (Å²) in [6.45, 7) is 0. The van der Waals surface area contributed by atoms with Crippen molar-refractivity contribution in [3.05, 3.63) is 65.4 Å². The maximum absolute atomic E-state index is 12.6. The Morgan fingerprint density at radius 3 is 2.27 bits per heavy atom. The molecule has 0 aliphatic heterocycles. The highest BCUT2D eigenvalue weighted by atomic mass is 19.4. The van der Waals surface area contributed by atoms with Crippen LogP contribution in [0.5, 0.6) is 0 Å². The molecule has 6 N–H and O–H groups in total. The van der Waals surface area contributed by atoms with E-state index in [1.807, 2.05) is 0 Å². The Balaban J connectivity index is 1.80. The number of aliphatic hydroxyl groups is 2. The number of hydrogen-bond acceptors (Lipinski definition) is 4. The van der Waals surface area contributed by atoms with E-state index in [2.05, 4.69) is 10.3 Å². The van der Waals surface area contributed by atoms with E-state index < -0.39 is 23.6 Å². The summed E-state index contributed by atoms with van der Waals surface area (Å²) in [5.41, 5.74) is 5.33. The monoisotopic (exact) mass is 365 g/mol. The number of carbonyl (C=O) groups is 1. The van der Waals surface area contributed by atoms with Crippen LogP contribution in [0.2, 0.25) is 0 Å². The summed E-state index contributed by atoms with van der Waals surface area (Å²) in [6, 6.07) is 9.95. The molecule has 3 aromatic rings. The first-order valence-corrected chi connectivity index (χ1v) is 7.39. The van der Waals surface area contributed by atoms with Crippen LogP contribution >= 0.6 is 0 Å². The maximum atomic E-state index is 12.6. The molecule has 0 saturated heterocycles. The number of nitrogens with one attached hydrogen (secondary N) is 2. The molecule has 3 rings (SSSR count). The molecule has 0 atom stereocenters. The van der Waals surface area contributed by atoms with Gasteiger partial charge in [-0.3, -0.25) is 10.5 Å². The predicted molar refractivity (Wildman–Crippen MR) is 88.0 cm³/mol. The number of aromatic nitrogens is 1. The van der Waals surface area contributed by atoms with E-state index in [4.69, 9.17) is 5.73 Å². The number of halogens is 3. The second-order valence-electron chi connectivity index (χ2n) is 5.74. The number of rotatable bonds is 3. The molecule has 136 valence electrons. The van der Waals surface area contributed by atoms with Gasteiger partial charge in [-0.05, 0) is 48.5 Å². The van der Waals surface area contributed by atoms with Crippen molar-refractivity contribution < 1.29 is 28.2 Å². The van der Waals surface area contributed by atoms with Crippen molar-refractivity contribution in [2.45, 2.75) is 12.1 Å². The first-order chi connectivity index (χ1) is 12.0. The summed E-state index contributed by atoms with van der Waals surface area (Å²) in [5.74, 6) is -3.10. The van der Waals surface area contributed by atoms with E-state index in [1.54, 1.807) is 18.2 Å². The molecule has 1 heterocycles. The van der Waals surface area contributed by atoms with Gasteiger partial charge in [-0.2, -0.15) is 13.2 Å². The number of alkyl halides is 3. The van der Waals surface area contributed by atoms with Crippen molar-refractivity contribution >= 4 is 22.5 Å². The van der Waals surface area contributed by atoms with Crippen LogP contribution in [-0.2, 0) is 12.1 Å². The van der Waals surface area contributed by atoms with E-state index in [9.17, 15) is 28.2 Å². The molecule has 0 saturated carbocycles. The highest BCUT2D eigenvalue weighted by molar-refractivity contribution is 6.05. The fraction of sp³-hybridized carbons (Fsp3) is 0.118. The van der Waals surface area contributed by atoms with Gasteiger partial charge >= 0.3 is 6.18 Å². The van der Waals surface area contributed by atoms with Crippen LogP contribution in [-0.4, -0.2) is 21.1 Å². The number of benzene rings is 2. The molecule has 0 spiro atoms. The average molecular weight is 365 g/mol. The van der Waals surface area contributed by atoms with Crippen LogP contribution in [0, 0.1) is 0 Å². The Morgan fingerprint density at radius 1 is 1.04 bits per heavy atom. The molecular weight excluding hydrogens is 351 g/mol. The smallest absolute Gasteiger partial charge is 0.353 e. The van der Waals surface area contributed by atoms with E-state index in [1.165, 1.54) is 6.07 Å². The highest BCUT2D eigenvalue weighted by Gasteiger charge is 2.30. The third-order valence-corrected chi connectivity index (χ3v) is 3.75. The molecule has 0 aliphatic carbocycles. The quantitative estimate of drug-likeness (QED) is 0.459. The average Bonchev–Trinajstić information content (AvgIpc) is 2.98. The summed E-state index contributed by atoms with van der Waals surface area (Å²) in [5, 5.41) is 21.9. The van der Waals surface area contributed by atoms with Crippen molar-refractivity contribution in [2.24, 2.45) is 5.73 Å². The maximum Gasteiger partial charge on any atom is 0.416 e. The van der Waals surface area contributed by atoms with Gasteiger partial charge in [0.15, 0.2) is 0 Å². The van der Waals surface area contributed by atoms with Crippen LogP contribution in [0.3, 0.4) is 0 Å².